The van der Waals surface area contributed by atoms with Gasteiger partial charge in [-0.2, -0.15) is 18.4 Å². The van der Waals surface area contributed by atoms with Crippen molar-refractivity contribution in [2.75, 3.05) is 31.5 Å². The van der Waals surface area contributed by atoms with Crippen molar-refractivity contribution in [3.8, 4) is 6.07 Å². The average Bonchev–Trinajstić information content (AvgIpc) is 2.60. The van der Waals surface area contributed by atoms with Crippen LogP contribution >= 0.6 is 11.6 Å². The van der Waals surface area contributed by atoms with Gasteiger partial charge in [-0.15, -0.1) is 0 Å². The number of halogens is 4. The number of piperazine rings is 1. The summed E-state index contributed by atoms with van der Waals surface area (Å²) >= 11 is 5.53. The minimum atomic E-state index is -4.66. The van der Waals surface area contributed by atoms with Crippen molar-refractivity contribution in [3.63, 3.8) is 0 Å². The van der Waals surface area contributed by atoms with Crippen LogP contribution < -0.4 is 5.32 Å². The van der Waals surface area contributed by atoms with Gasteiger partial charge in [0.05, 0.1) is 10.6 Å². The third-order valence-electron chi connectivity index (χ3n) is 3.70. The zero-order valence-corrected chi connectivity index (χ0v) is 14.1. The molecule has 2 amide bonds. The second kappa shape index (κ2) is 8.10. The van der Waals surface area contributed by atoms with Crippen LogP contribution in [0.25, 0.3) is 0 Å². The molecule has 138 valence electrons. The number of anilines is 1. The minimum Gasteiger partial charge on any atom is -0.373 e. The number of nitrogens with one attached hydrogen (secondary N) is 1. The first-order chi connectivity index (χ1) is 12.2. The highest BCUT2D eigenvalue weighted by atomic mass is 35.5. The predicted molar refractivity (Wildman–Crippen MR) is 88.0 cm³/mol. The SMILES string of the molecule is N#C/C(=C/N1CCN(C=O)CC1)C(=O)Nc1ccc(Cl)c(C(F)(F)F)c1. The Morgan fingerprint density at radius 2 is 1.85 bits per heavy atom. The second-order valence-corrected chi connectivity index (χ2v) is 5.89. The minimum absolute atomic E-state index is 0.126. The van der Waals surface area contributed by atoms with Crippen molar-refractivity contribution in [1.29, 1.82) is 5.26 Å². The molecule has 1 aromatic carbocycles. The molecule has 0 spiro atoms. The lowest BCUT2D eigenvalue weighted by Gasteiger charge is -2.31. The van der Waals surface area contributed by atoms with Crippen LogP contribution in [0.2, 0.25) is 5.02 Å². The van der Waals surface area contributed by atoms with Gasteiger partial charge in [0, 0.05) is 38.1 Å². The first kappa shape index (κ1) is 19.6. The summed E-state index contributed by atoms with van der Waals surface area (Å²) in [6.07, 6.45) is -2.61. The van der Waals surface area contributed by atoms with Crippen molar-refractivity contribution >= 4 is 29.6 Å². The van der Waals surface area contributed by atoms with E-state index in [1.54, 1.807) is 15.9 Å². The molecule has 0 atom stereocenters. The van der Waals surface area contributed by atoms with Crippen molar-refractivity contribution in [2.45, 2.75) is 6.18 Å². The van der Waals surface area contributed by atoms with Crippen LogP contribution in [0.15, 0.2) is 30.0 Å². The van der Waals surface area contributed by atoms with Crippen molar-refractivity contribution in [2.24, 2.45) is 0 Å². The van der Waals surface area contributed by atoms with Gasteiger partial charge < -0.3 is 15.1 Å². The van der Waals surface area contributed by atoms with Gasteiger partial charge in [-0.05, 0) is 18.2 Å². The lowest BCUT2D eigenvalue weighted by Crippen LogP contribution is -2.43. The Kier molecular flexibility index (Phi) is 6.10. The molecule has 1 heterocycles. The van der Waals surface area contributed by atoms with E-state index in [1.807, 2.05) is 0 Å². The lowest BCUT2D eigenvalue weighted by atomic mass is 10.2. The van der Waals surface area contributed by atoms with E-state index in [-0.39, 0.29) is 11.3 Å². The van der Waals surface area contributed by atoms with Gasteiger partial charge >= 0.3 is 6.18 Å². The molecule has 10 heteroatoms. The fourth-order valence-corrected chi connectivity index (χ4v) is 2.54. The second-order valence-electron chi connectivity index (χ2n) is 5.48. The van der Waals surface area contributed by atoms with E-state index < -0.39 is 22.7 Å². The van der Waals surface area contributed by atoms with Gasteiger partial charge in [-0.25, -0.2) is 0 Å². The van der Waals surface area contributed by atoms with Gasteiger partial charge in [-0.1, -0.05) is 11.6 Å². The summed E-state index contributed by atoms with van der Waals surface area (Å²) in [6.45, 7) is 1.78. The number of hydrogen-bond donors (Lipinski definition) is 1. The van der Waals surface area contributed by atoms with Crippen LogP contribution in [0.4, 0.5) is 18.9 Å². The van der Waals surface area contributed by atoms with Gasteiger partial charge in [-0.3, -0.25) is 9.59 Å². The monoisotopic (exact) mass is 386 g/mol. The molecule has 1 fully saturated rings. The van der Waals surface area contributed by atoms with E-state index in [9.17, 15) is 22.8 Å². The van der Waals surface area contributed by atoms with Crippen LogP contribution in [0.3, 0.4) is 0 Å². The van der Waals surface area contributed by atoms with E-state index in [4.69, 9.17) is 16.9 Å². The molecule has 0 aromatic heterocycles. The first-order valence-corrected chi connectivity index (χ1v) is 7.86. The molecule has 6 nitrogen and oxygen atoms in total. The third-order valence-corrected chi connectivity index (χ3v) is 4.03. The standard InChI is InChI=1S/C16H14ClF3N4O2/c17-14-2-1-12(7-13(14)16(18,19)20)22-15(26)11(8-21)9-23-3-5-24(10-25)6-4-23/h1-2,7,9-10H,3-6H2,(H,22,26)/b11-9-. The molecule has 1 aliphatic rings. The fourth-order valence-electron chi connectivity index (χ4n) is 2.31. The van der Waals surface area contributed by atoms with Gasteiger partial charge in [0.15, 0.2) is 0 Å². The van der Waals surface area contributed by atoms with Crippen molar-refractivity contribution < 1.29 is 22.8 Å². The molecule has 0 saturated carbocycles. The van der Waals surface area contributed by atoms with Crippen molar-refractivity contribution in [1.82, 2.24) is 9.80 Å². The highest BCUT2D eigenvalue weighted by Gasteiger charge is 2.33. The summed E-state index contributed by atoms with van der Waals surface area (Å²) < 4.78 is 38.6. The molecule has 0 radical (unpaired) electrons. The molecule has 0 bridgehead atoms. The summed E-state index contributed by atoms with van der Waals surface area (Å²) in [7, 11) is 0. The van der Waals surface area contributed by atoms with Crippen LogP contribution in [0, 0.1) is 11.3 Å². The molecule has 1 N–H and O–H groups in total. The van der Waals surface area contributed by atoms with E-state index in [2.05, 4.69) is 5.32 Å². The molecular weight excluding hydrogens is 373 g/mol. The van der Waals surface area contributed by atoms with Crippen LogP contribution in [0.1, 0.15) is 5.56 Å². The first-order valence-electron chi connectivity index (χ1n) is 7.48. The Morgan fingerprint density at radius 3 is 2.38 bits per heavy atom. The summed E-state index contributed by atoms with van der Waals surface area (Å²) in [5, 5.41) is 10.9. The largest absolute Gasteiger partial charge is 0.417 e. The normalized spacial score (nSPS) is 15.4. The lowest BCUT2D eigenvalue weighted by molar-refractivity contribution is -0.137. The summed E-state index contributed by atoms with van der Waals surface area (Å²) in [5.41, 5.74) is -1.46. The number of nitriles is 1. The van der Waals surface area contributed by atoms with Crippen molar-refractivity contribution in [3.05, 3.63) is 40.6 Å². The Bertz CT molecular complexity index is 766. The highest BCUT2D eigenvalue weighted by Crippen LogP contribution is 2.36. The van der Waals surface area contributed by atoms with Gasteiger partial charge in [0.2, 0.25) is 6.41 Å². The zero-order valence-electron chi connectivity index (χ0n) is 13.4. The molecule has 26 heavy (non-hydrogen) atoms. The topological polar surface area (TPSA) is 76.4 Å². The molecule has 0 unspecified atom stereocenters. The molecule has 1 saturated heterocycles. The smallest absolute Gasteiger partial charge is 0.373 e. The van der Waals surface area contributed by atoms with Crippen LogP contribution in [0.5, 0.6) is 0 Å². The number of rotatable bonds is 4. The van der Waals surface area contributed by atoms with E-state index in [0.717, 1.165) is 12.5 Å². The number of nitrogens with zero attached hydrogens (tertiary/aromatic N) is 3. The van der Waals surface area contributed by atoms with Gasteiger partial charge in [0.25, 0.3) is 5.91 Å². The molecule has 0 aliphatic carbocycles. The Balaban J connectivity index is 2.11. The quantitative estimate of drug-likeness (QED) is 0.490. The third kappa shape index (κ3) is 4.89. The Morgan fingerprint density at radius 1 is 1.23 bits per heavy atom. The average molecular weight is 387 g/mol. The maximum Gasteiger partial charge on any atom is 0.417 e. The Labute approximate surface area is 152 Å². The summed E-state index contributed by atoms with van der Waals surface area (Å²) in [4.78, 5) is 26.1. The molecule has 1 aliphatic heterocycles. The summed E-state index contributed by atoms with van der Waals surface area (Å²) in [6, 6.07) is 4.67. The number of amides is 2. The maximum absolute atomic E-state index is 12.9. The highest BCUT2D eigenvalue weighted by molar-refractivity contribution is 6.31. The van der Waals surface area contributed by atoms with E-state index in [0.29, 0.717) is 32.2 Å². The number of benzene rings is 1. The van der Waals surface area contributed by atoms with Crippen LogP contribution in [-0.2, 0) is 15.8 Å². The van der Waals surface area contributed by atoms with Gasteiger partial charge in [0.1, 0.15) is 11.6 Å². The zero-order chi connectivity index (χ0) is 19.3. The number of carbonyl (C=O) groups excluding carboxylic acids is 2. The predicted octanol–water partition coefficient (Wildman–Crippen LogP) is 2.48. The fraction of sp³-hybridized carbons (Fsp3) is 0.312. The Hall–Kier alpha value is -2.73. The van der Waals surface area contributed by atoms with E-state index >= 15 is 0 Å². The number of hydrogen-bond acceptors (Lipinski definition) is 4. The maximum atomic E-state index is 12.9. The molecule has 2 rings (SSSR count). The number of alkyl halides is 3. The summed E-state index contributed by atoms with van der Waals surface area (Å²) in [5.74, 6) is -0.833. The molecular formula is C16H14ClF3N4O2. The van der Waals surface area contributed by atoms with E-state index in [1.165, 1.54) is 12.3 Å². The van der Waals surface area contributed by atoms with Crippen LogP contribution in [-0.4, -0.2) is 48.3 Å². The molecule has 1 aromatic rings. The number of carbonyl (C=O) groups is 2.